The van der Waals surface area contributed by atoms with Crippen molar-refractivity contribution in [3.05, 3.63) is 12.7 Å². The van der Waals surface area contributed by atoms with Gasteiger partial charge in [0.15, 0.2) is 23.5 Å². The van der Waals surface area contributed by atoms with Crippen LogP contribution in [-0.4, -0.2) is 92.9 Å². The number of aromatic nitrogens is 4. The lowest BCUT2D eigenvalue weighted by Crippen LogP contribution is -2.42. The lowest BCUT2D eigenvalue weighted by molar-refractivity contribution is -0.198. The van der Waals surface area contributed by atoms with Gasteiger partial charge in [-0.25, -0.2) is 19.7 Å². The summed E-state index contributed by atoms with van der Waals surface area (Å²) in [5.41, 5.74) is 12.5. The first-order chi connectivity index (χ1) is 17.5. The predicted molar refractivity (Wildman–Crippen MR) is 136 cm³/mol. The van der Waals surface area contributed by atoms with Gasteiger partial charge in [0, 0.05) is 26.2 Å². The maximum atomic E-state index is 11.9. The van der Waals surface area contributed by atoms with Gasteiger partial charge in [-0.3, -0.25) is 9.47 Å². The molecule has 2 saturated heterocycles. The van der Waals surface area contributed by atoms with E-state index in [9.17, 15) is 4.79 Å². The fraction of sp³-hybridized carbons (Fsp3) is 0.750. The fourth-order valence-corrected chi connectivity index (χ4v) is 4.78. The molecule has 4 atom stereocenters. The number of ether oxygens (including phenoxy) is 4. The number of nitrogen functional groups attached to an aromatic ring is 1. The Hall–Kier alpha value is -2.58. The normalized spacial score (nSPS) is 25.1. The van der Waals surface area contributed by atoms with Gasteiger partial charge in [-0.2, -0.15) is 0 Å². The van der Waals surface area contributed by atoms with Crippen molar-refractivity contribution in [1.29, 1.82) is 0 Å². The number of hydrogen-bond acceptors (Lipinski definition) is 11. The number of unbranched alkanes of at least 4 members (excludes halogenated alkanes) is 1. The van der Waals surface area contributed by atoms with E-state index in [1.807, 2.05) is 39.2 Å². The minimum atomic E-state index is -0.744. The molecule has 1 amide bonds. The highest BCUT2D eigenvalue weighted by atomic mass is 16.8. The summed E-state index contributed by atoms with van der Waals surface area (Å²) in [4.78, 5) is 26.9. The Balaban J connectivity index is 1.38. The minimum absolute atomic E-state index is 0.250. The van der Waals surface area contributed by atoms with E-state index >= 15 is 0 Å². The number of rotatable bonds is 10. The number of carbonyl (C=O) groups excluding carboxylic acids is 1. The largest absolute Gasteiger partial charge is 0.444 e. The van der Waals surface area contributed by atoms with Crippen molar-refractivity contribution in [2.24, 2.45) is 5.73 Å². The molecule has 0 aromatic carbocycles. The Labute approximate surface area is 217 Å². The van der Waals surface area contributed by atoms with Gasteiger partial charge in [0.25, 0.3) is 0 Å². The van der Waals surface area contributed by atoms with Crippen molar-refractivity contribution >= 4 is 23.1 Å². The molecule has 4 rings (SSSR count). The molecule has 37 heavy (non-hydrogen) atoms. The van der Waals surface area contributed by atoms with Gasteiger partial charge >= 0.3 is 6.09 Å². The van der Waals surface area contributed by atoms with E-state index in [4.69, 9.17) is 30.4 Å². The van der Waals surface area contributed by atoms with Gasteiger partial charge in [0.05, 0.1) is 6.33 Å². The molecular formula is C24H40N8O5. The van der Waals surface area contributed by atoms with E-state index in [0.29, 0.717) is 43.2 Å². The highest BCUT2D eigenvalue weighted by Crippen LogP contribution is 2.44. The third-order valence-corrected chi connectivity index (χ3v) is 6.24. The maximum Gasteiger partial charge on any atom is 0.407 e. The summed E-state index contributed by atoms with van der Waals surface area (Å²) >= 11 is 0. The number of hydrogen-bond donors (Lipinski definition) is 3. The molecule has 206 valence electrons. The van der Waals surface area contributed by atoms with Crippen molar-refractivity contribution in [2.75, 3.05) is 38.5 Å². The first-order valence-corrected chi connectivity index (χ1v) is 12.8. The Kier molecular flexibility index (Phi) is 8.19. The zero-order chi connectivity index (χ0) is 26.8. The van der Waals surface area contributed by atoms with Crippen LogP contribution < -0.4 is 16.8 Å². The van der Waals surface area contributed by atoms with Crippen molar-refractivity contribution in [3.63, 3.8) is 0 Å². The van der Waals surface area contributed by atoms with Gasteiger partial charge in [-0.05, 0) is 54.0 Å². The number of fused-ring (bicyclic) bond motifs is 2. The quantitative estimate of drug-likeness (QED) is 0.388. The topological polar surface area (TPSA) is 165 Å². The van der Waals surface area contributed by atoms with Crippen LogP contribution in [0.4, 0.5) is 10.6 Å². The summed E-state index contributed by atoms with van der Waals surface area (Å²) < 4.78 is 26.2. The van der Waals surface area contributed by atoms with E-state index in [0.717, 1.165) is 19.4 Å². The number of carbonyl (C=O) groups is 1. The smallest absolute Gasteiger partial charge is 0.407 e. The number of anilines is 1. The number of nitrogens with one attached hydrogen (secondary N) is 1. The zero-order valence-electron chi connectivity index (χ0n) is 22.3. The van der Waals surface area contributed by atoms with Gasteiger partial charge in [-0.15, -0.1) is 0 Å². The molecule has 0 bridgehead atoms. The van der Waals surface area contributed by atoms with Crippen LogP contribution in [0.1, 0.15) is 53.7 Å². The molecule has 2 fully saturated rings. The molecule has 5 N–H and O–H groups in total. The summed E-state index contributed by atoms with van der Waals surface area (Å²) in [7, 11) is 0. The van der Waals surface area contributed by atoms with Crippen LogP contribution in [0.25, 0.3) is 11.2 Å². The molecule has 0 aliphatic carbocycles. The third kappa shape index (κ3) is 6.65. The molecule has 4 unspecified atom stereocenters. The van der Waals surface area contributed by atoms with Crippen molar-refractivity contribution < 1.29 is 23.7 Å². The summed E-state index contributed by atoms with van der Waals surface area (Å²) in [5, 5.41) is 2.80. The molecule has 2 aromatic rings. The van der Waals surface area contributed by atoms with Gasteiger partial charge in [-0.1, -0.05) is 0 Å². The van der Waals surface area contributed by atoms with Crippen LogP contribution in [0.5, 0.6) is 0 Å². The summed E-state index contributed by atoms with van der Waals surface area (Å²) in [5.74, 6) is -0.430. The van der Waals surface area contributed by atoms with Crippen LogP contribution >= 0.6 is 0 Å². The molecule has 0 radical (unpaired) electrons. The second kappa shape index (κ2) is 11.0. The number of imidazole rings is 1. The number of amides is 1. The highest BCUT2D eigenvalue weighted by molar-refractivity contribution is 5.81. The SMILES string of the molecule is CC(C)(C)OC(=O)NCCCCN(CCN)CC1OC(n2cnc3c(N)ncnc32)C2OC(C)(C)OC12. The Morgan fingerprint density at radius 3 is 2.68 bits per heavy atom. The van der Waals surface area contributed by atoms with Crippen molar-refractivity contribution in [1.82, 2.24) is 29.7 Å². The van der Waals surface area contributed by atoms with Crippen LogP contribution in [0.15, 0.2) is 12.7 Å². The average Bonchev–Trinajstić information content (AvgIpc) is 3.44. The number of nitrogens with two attached hydrogens (primary N) is 2. The fourth-order valence-electron chi connectivity index (χ4n) is 4.78. The Morgan fingerprint density at radius 1 is 1.19 bits per heavy atom. The summed E-state index contributed by atoms with van der Waals surface area (Å²) in [6.45, 7) is 12.5. The van der Waals surface area contributed by atoms with E-state index in [-0.39, 0.29) is 18.3 Å². The first kappa shape index (κ1) is 27.5. The Bertz CT molecular complexity index is 1070. The molecule has 2 aromatic heterocycles. The van der Waals surface area contributed by atoms with E-state index in [1.165, 1.54) is 6.33 Å². The van der Waals surface area contributed by atoms with Crippen LogP contribution in [0, 0.1) is 0 Å². The number of alkyl carbamates (subject to hydrolysis) is 1. The highest BCUT2D eigenvalue weighted by Gasteiger charge is 2.56. The molecule has 2 aliphatic heterocycles. The van der Waals surface area contributed by atoms with Crippen LogP contribution in [-0.2, 0) is 18.9 Å². The first-order valence-electron chi connectivity index (χ1n) is 12.8. The molecule has 2 aliphatic rings. The predicted octanol–water partition coefficient (Wildman–Crippen LogP) is 1.39. The van der Waals surface area contributed by atoms with Crippen LogP contribution in [0.2, 0.25) is 0 Å². The molecule has 0 saturated carbocycles. The van der Waals surface area contributed by atoms with Crippen molar-refractivity contribution in [3.8, 4) is 0 Å². The zero-order valence-corrected chi connectivity index (χ0v) is 22.3. The van der Waals surface area contributed by atoms with E-state index in [1.54, 1.807) is 6.33 Å². The standard InChI is InChI=1S/C24H40N8O5/c1-23(2,3)37-22(33)27-9-6-7-10-31(11-8-25)12-15-17-18(36-24(4,5)35-17)21(34-15)32-14-30-16-19(26)28-13-29-20(16)32/h13-15,17-18,21H,6-12,25H2,1-5H3,(H,27,33)(H2,26,28,29). The molecular weight excluding hydrogens is 480 g/mol. The average molecular weight is 521 g/mol. The van der Waals surface area contributed by atoms with E-state index < -0.39 is 23.7 Å². The molecule has 13 nitrogen and oxygen atoms in total. The molecule has 4 heterocycles. The number of nitrogens with zero attached hydrogens (tertiary/aromatic N) is 5. The lowest BCUT2D eigenvalue weighted by Gasteiger charge is -2.29. The molecule has 13 heteroatoms. The minimum Gasteiger partial charge on any atom is -0.444 e. The second-order valence-electron chi connectivity index (χ2n) is 10.9. The van der Waals surface area contributed by atoms with Gasteiger partial charge < -0.3 is 35.7 Å². The lowest BCUT2D eigenvalue weighted by atomic mass is 10.1. The van der Waals surface area contributed by atoms with Gasteiger partial charge in [0.2, 0.25) is 0 Å². The Morgan fingerprint density at radius 2 is 1.95 bits per heavy atom. The molecule has 0 spiro atoms. The maximum absolute atomic E-state index is 11.9. The summed E-state index contributed by atoms with van der Waals surface area (Å²) in [6.07, 6.45) is 3.02. The van der Waals surface area contributed by atoms with Crippen LogP contribution in [0.3, 0.4) is 0 Å². The van der Waals surface area contributed by atoms with Gasteiger partial charge in [0.1, 0.15) is 35.8 Å². The monoisotopic (exact) mass is 520 g/mol. The second-order valence-corrected chi connectivity index (χ2v) is 10.9. The summed E-state index contributed by atoms with van der Waals surface area (Å²) in [6, 6.07) is 0. The van der Waals surface area contributed by atoms with Crippen molar-refractivity contribution in [2.45, 2.75) is 83.4 Å². The third-order valence-electron chi connectivity index (χ3n) is 6.24. The van der Waals surface area contributed by atoms with E-state index in [2.05, 4.69) is 25.2 Å².